The molecule has 1 aliphatic rings. The van der Waals surface area contributed by atoms with Gasteiger partial charge in [-0.3, -0.25) is 9.80 Å². The van der Waals surface area contributed by atoms with Gasteiger partial charge in [-0.15, -0.1) is 0 Å². The van der Waals surface area contributed by atoms with Crippen molar-refractivity contribution in [2.75, 3.05) is 33.3 Å². The number of carbonyl (C=O) groups is 2. The van der Waals surface area contributed by atoms with E-state index >= 15 is 0 Å². The molecule has 7 nitrogen and oxygen atoms in total. The first-order valence-electron chi connectivity index (χ1n) is 9.17. The number of aliphatic carboxylic acids is 2. The summed E-state index contributed by atoms with van der Waals surface area (Å²) in [5.41, 5.74) is 2.47. The van der Waals surface area contributed by atoms with Gasteiger partial charge in [-0.2, -0.15) is 0 Å². The molecule has 0 bridgehead atoms. The molecular weight excluding hydrogens is 396 g/mol. The lowest BCUT2D eigenvalue weighted by molar-refractivity contribution is -0.159. The summed E-state index contributed by atoms with van der Waals surface area (Å²) >= 11 is 6.26. The van der Waals surface area contributed by atoms with Gasteiger partial charge < -0.3 is 14.9 Å². The second-order valence-electron chi connectivity index (χ2n) is 6.57. The number of halogens is 1. The maximum atomic E-state index is 9.10. The molecule has 1 saturated heterocycles. The summed E-state index contributed by atoms with van der Waals surface area (Å²) in [6, 6.07) is 16.4. The van der Waals surface area contributed by atoms with Gasteiger partial charge in [0.05, 0.1) is 7.11 Å². The van der Waals surface area contributed by atoms with Crippen molar-refractivity contribution in [1.82, 2.24) is 9.80 Å². The van der Waals surface area contributed by atoms with Crippen molar-refractivity contribution >= 4 is 23.5 Å². The van der Waals surface area contributed by atoms with Crippen LogP contribution in [0.1, 0.15) is 11.1 Å². The van der Waals surface area contributed by atoms with Crippen molar-refractivity contribution in [3.05, 3.63) is 64.7 Å². The molecule has 0 saturated carbocycles. The first-order valence-corrected chi connectivity index (χ1v) is 9.54. The smallest absolute Gasteiger partial charge is 0.414 e. The van der Waals surface area contributed by atoms with Gasteiger partial charge >= 0.3 is 11.9 Å². The van der Waals surface area contributed by atoms with Crippen LogP contribution in [0.5, 0.6) is 5.75 Å². The van der Waals surface area contributed by atoms with Gasteiger partial charge in [0, 0.05) is 49.9 Å². The quantitative estimate of drug-likeness (QED) is 0.719. The summed E-state index contributed by atoms with van der Waals surface area (Å²) in [6.07, 6.45) is 0. The Kier molecular flexibility index (Phi) is 8.92. The van der Waals surface area contributed by atoms with Crippen molar-refractivity contribution < 1.29 is 24.5 Å². The molecule has 156 valence electrons. The molecular formula is C21H25ClN2O5. The van der Waals surface area contributed by atoms with E-state index in [2.05, 4.69) is 34.1 Å². The molecule has 0 aromatic heterocycles. The number of rotatable bonds is 5. The van der Waals surface area contributed by atoms with E-state index in [0.717, 1.165) is 50.0 Å². The number of hydrogen-bond acceptors (Lipinski definition) is 5. The third-order valence-corrected chi connectivity index (χ3v) is 4.95. The maximum Gasteiger partial charge on any atom is 0.414 e. The van der Waals surface area contributed by atoms with E-state index in [0.29, 0.717) is 0 Å². The fourth-order valence-corrected chi connectivity index (χ4v) is 3.24. The Labute approximate surface area is 175 Å². The first kappa shape index (κ1) is 22.7. The molecule has 2 N–H and O–H groups in total. The molecule has 0 radical (unpaired) electrons. The van der Waals surface area contributed by atoms with Crippen molar-refractivity contribution in [3.63, 3.8) is 0 Å². The van der Waals surface area contributed by atoms with Gasteiger partial charge in [-0.25, -0.2) is 9.59 Å². The van der Waals surface area contributed by atoms with Gasteiger partial charge in [0.15, 0.2) is 0 Å². The Morgan fingerprint density at radius 2 is 1.31 bits per heavy atom. The lowest BCUT2D eigenvalue weighted by atomic mass is 10.1. The largest absolute Gasteiger partial charge is 0.496 e. The molecule has 0 amide bonds. The zero-order valence-electron chi connectivity index (χ0n) is 16.3. The summed E-state index contributed by atoms with van der Waals surface area (Å²) in [5, 5.41) is 15.6. The molecule has 0 spiro atoms. The maximum absolute atomic E-state index is 9.10. The molecule has 0 unspecified atom stereocenters. The highest BCUT2D eigenvalue weighted by Crippen LogP contribution is 2.21. The van der Waals surface area contributed by atoms with Gasteiger partial charge in [0.2, 0.25) is 0 Å². The standard InChI is InChI=1S/C19H23ClN2O.C2H2O4/c1-23-19-9-5-3-7-17(19)15-22-12-10-21(11-13-22)14-16-6-2-4-8-18(16)20;3-1(4)2(5)6/h2-9H,10-15H2,1H3;(H,3,4)(H,5,6). The van der Waals surface area contributed by atoms with Crippen LogP contribution in [0, 0.1) is 0 Å². The average Bonchev–Trinajstić information content (AvgIpc) is 2.72. The second kappa shape index (κ2) is 11.4. The molecule has 8 heteroatoms. The number of methoxy groups -OCH3 is 1. The van der Waals surface area contributed by atoms with E-state index in [1.165, 1.54) is 11.1 Å². The van der Waals surface area contributed by atoms with Gasteiger partial charge in [-0.1, -0.05) is 48.0 Å². The van der Waals surface area contributed by atoms with E-state index in [1.54, 1.807) is 7.11 Å². The van der Waals surface area contributed by atoms with Crippen LogP contribution in [-0.4, -0.2) is 65.2 Å². The summed E-state index contributed by atoms with van der Waals surface area (Å²) in [7, 11) is 1.74. The fourth-order valence-electron chi connectivity index (χ4n) is 3.05. The van der Waals surface area contributed by atoms with E-state index in [-0.39, 0.29) is 0 Å². The van der Waals surface area contributed by atoms with Crippen LogP contribution in [0.15, 0.2) is 48.5 Å². The average molecular weight is 421 g/mol. The molecule has 0 atom stereocenters. The van der Waals surface area contributed by atoms with E-state index in [9.17, 15) is 0 Å². The third-order valence-electron chi connectivity index (χ3n) is 4.59. The minimum absolute atomic E-state index is 0.865. The Morgan fingerprint density at radius 1 is 0.862 bits per heavy atom. The zero-order chi connectivity index (χ0) is 21.2. The molecule has 1 aliphatic heterocycles. The van der Waals surface area contributed by atoms with Crippen LogP contribution in [0.4, 0.5) is 0 Å². The van der Waals surface area contributed by atoms with Gasteiger partial charge in [0.1, 0.15) is 5.75 Å². The minimum Gasteiger partial charge on any atom is -0.496 e. The van der Waals surface area contributed by atoms with Crippen LogP contribution in [0.3, 0.4) is 0 Å². The molecule has 1 heterocycles. The second-order valence-corrected chi connectivity index (χ2v) is 6.97. The first-order chi connectivity index (χ1) is 13.9. The summed E-state index contributed by atoms with van der Waals surface area (Å²) in [6.45, 7) is 6.16. The topological polar surface area (TPSA) is 90.3 Å². The van der Waals surface area contributed by atoms with Gasteiger partial charge in [0.25, 0.3) is 0 Å². The molecule has 29 heavy (non-hydrogen) atoms. The fraction of sp³-hybridized carbons (Fsp3) is 0.333. The van der Waals surface area contributed by atoms with Crippen LogP contribution in [-0.2, 0) is 22.7 Å². The van der Waals surface area contributed by atoms with E-state index < -0.39 is 11.9 Å². The summed E-state index contributed by atoms with van der Waals surface area (Å²) in [4.78, 5) is 23.2. The normalized spacial score (nSPS) is 14.6. The number of carboxylic acid groups (broad SMARTS) is 2. The minimum atomic E-state index is -1.82. The highest BCUT2D eigenvalue weighted by Gasteiger charge is 2.18. The highest BCUT2D eigenvalue weighted by atomic mass is 35.5. The highest BCUT2D eigenvalue weighted by molar-refractivity contribution is 6.31. The number of benzene rings is 2. The number of nitrogens with zero attached hydrogens (tertiary/aromatic N) is 2. The Balaban J connectivity index is 0.000000438. The lowest BCUT2D eigenvalue weighted by Crippen LogP contribution is -2.45. The summed E-state index contributed by atoms with van der Waals surface area (Å²) < 4.78 is 5.45. The Bertz CT molecular complexity index is 810. The molecule has 2 aromatic rings. The number of piperazine rings is 1. The zero-order valence-corrected chi connectivity index (χ0v) is 17.0. The molecule has 1 fully saturated rings. The SMILES string of the molecule is COc1ccccc1CN1CCN(Cc2ccccc2Cl)CC1.O=C(O)C(=O)O. The van der Waals surface area contributed by atoms with E-state index in [4.69, 9.17) is 36.1 Å². The van der Waals surface area contributed by atoms with E-state index in [1.807, 2.05) is 24.3 Å². The van der Waals surface area contributed by atoms with Crippen molar-refractivity contribution in [2.45, 2.75) is 13.1 Å². The van der Waals surface area contributed by atoms with Crippen LogP contribution >= 0.6 is 11.6 Å². The number of carboxylic acids is 2. The third kappa shape index (κ3) is 7.38. The number of para-hydroxylation sites is 1. The van der Waals surface area contributed by atoms with Crippen molar-refractivity contribution in [1.29, 1.82) is 0 Å². The predicted molar refractivity (Wildman–Crippen MR) is 110 cm³/mol. The number of ether oxygens (including phenoxy) is 1. The monoisotopic (exact) mass is 420 g/mol. The number of hydrogen-bond donors (Lipinski definition) is 2. The van der Waals surface area contributed by atoms with Crippen LogP contribution in [0.25, 0.3) is 0 Å². The van der Waals surface area contributed by atoms with Gasteiger partial charge in [-0.05, 0) is 17.7 Å². The van der Waals surface area contributed by atoms with Crippen molar-refractivity contribution in [3.8, 4) is 5.75 Å². The molecule has 2 aromatic carbocycles. The summed E-state index contributed by atoms with van der Waals surface area (Å²) in [5.74, 6) is -2.67. The molecule has 0 aliphatic carbocycles. The Hall–Kier alpha value is -2.61. The van der Waals surface area contributed by atoms with Crippen LogP contribution in [0.2, 0.25) is 5.02 Å². The van der Waals surface area contributed by atoms with Crippen LogP contribution < -0.4 is 4.74 Å². The molecule has 3 rings (SSSR count). The lowest BCUT2D eigenvalue weighted by Gasteiger charge is -2.35. The predicted octanol–water partition coefficient (Wildman–Crippen LogP) is 2.82. The Morgan fingerprint density at radius 3 is 1.79 bits per heavy atom. The van der Waals surface area contributed by atoms with Crippen molar-refractivity contribution in [2.24, 2.45) is 0 Å².